The fraction of sp³-hybridized carbons (Fsp3) is 0.364. The highest BCUT2D eigenvalue weighted by molar-refractivity contribution is 5.94. The minimum atomic E-state index is -0.520. The van der Waals surface area contributed by atoms with Gasteiger partial charge in [0.05, 0.1) is 18.2 Å². The SMILES string of the molecule is Cc1ccc(C)c(OCCCC(C)(C)C(=O)Nc2cccc(C#N)c2)c1. The van der Waals surface area contributed by atoms with Crippen LogP contribution in [0, 0.1) is 30.6 Å². The minimum absolute atomic E-state index is 0.0562. The Morgan fingerprint density at radius 1 is 1.19 bits per heavy atom. The summed E-state index contributed by atoms with van der Waals surface area (Å²) in [7, 11) is 0. The van der Waals surface area contributed by atoms with Gasteiger partial charge in [0, 0.05) is 11.1 Å². The molecule has 0 atom stereocenters. The molecule has 4 nitrogen and oxygen atoms in total. The average Bonchev–Trinajstić information content (AvgIpc) is 2.61. The van der Waals surface area contributed by atoms with E-state index in [-0.39, 0.29) is 5.91 Å². The number of amides is 1. The van der Waals surface area contributed by atoms with Gasteiger partial charge in [0.2, 0.25) is 5.91 Å². The molecule has 0 saturated carbocycles. The molecular weight excluding hydrogens is 324 g/mol. The molecule has 0 aliphatic rings. The molecule has 0 aliphatic carbocycles. The summed E-state index contributed by atoms with van der Waals surface area (Å²) in [5.41, 5.74) is 2.94. The highest BCUT2D eigenvalue weighted by atomic mass is 16.5. The van der Waals surface area contributed by atoms with Crippen molar-refractivity contribution in [3.05, 3.63) is 59.2 Å². The number of hydrogen-bond donors (Lipinski definition) is 1. The molecule has 2 rings (SSSR count). The third-order valence-electron chi connectivity index (χ3n) is 4.41. The molecule has 136 valence electrons. The van der Waals surface area contributed by atoms with Crippen LogP contribution in [-0.4, -0.2) is 12.5 Å². The van der Waals surface area contributed by atoms with E-state index in [1.165, 1.54) is 5.56 Å². The summed E-state index contributed by atoms with van der Waals surface area (Å²) in [6.45, 7) is 8.50. The van der Waals surface area contributed by atoms with Gasteiger partial charge < -0.3 is 10.1 Å². The number of ether oxygens (including phenoxy) is 1. The Labute approximate surface area is 155 Å². The van der Waals surface area contributed by atoms with Crippen LogP contribution in [0.2, 0.25) is 0 Å². The number of nitrogens with one attached hydrogen (secondary N) is 1. The Balaban J connectivity index is 1.86. The van der Waals surface area contributed by atoms with Crippen molar-refractivity contribution in [1.29, 1.82) is 5.26 Å². The van der Waals surface area contributed by atoms with Gasteiger partial charge in [-0.1, -0.05) is 32.0 Å². The molecule has 1 N–H and O–H groups in total. The van der Waals surface area contributed by atoms with E-state index in [2.05, 4.69) is 23.5 Å². The zero-order valence-electron chi connectivity index (χ0n) is 15.9. The number of hydrogen-bond acceptors (Lipinski definition) is 3. The number of aryl methyl sites for hydroxylation is 2. The van der Waals surface area contributed by atoms with Gasteiger partial charge in [-0.25, -0.2) is 0 Å². The van der Waals surface area contributed by atoms with E-state index in [1.54, 1.807) is 24.3 Å². The molecule has 0 spiro atoms. The summed E-state index contributed by atoms with van der Waals surface area (Å²) in [6.07, 6.45) is 1.49. The standard InChI is InChI=1S/C22H26N2O2/c1-16-9-10-17(2)20(13-16)26-12-6-11-22(3,4)21(25)24-19-8-5-7-18(14-19)15-23/h5,7-10,13-14H,6,11-12H2,1-4H3,(H,24,25). The number of benzene rings is 2. The maximum Gasteiger partial charge on any atom is 0.230 e. The van der Waals surface area contributed by atoms with E-state index in [0.29, 0.717) is 24.3 Å². The second-order valence-electron chi connectivity index (χ2n) is 7.25. The number of carbonyl (C=O) groups is 1. The first-order valence-electron chi connectivity index (χ1n) is 8.83. The molecule has 0 fully saturated rings. The van der Waals surface area contributed by atoms with Crippen LogP contribution in [0.4, 0.5) is 5.69 Å². The van der Waals surface area contributed by atoms with E-state index >= 15 is 0 Å². The molecule has 0 heterocycles. The Morgan fingerprint density at radius 2 is 1.96 bits per heavy atom. The topological polar surface area (TPSA) is 62.1 Å². The maximum atomic E-state index is 12.6. The largest absolute Gasteiger partial charge is 0.493 e. The van der Waals surface area contributed by atoms with Crippen LogP contribution in [-0.2, 0) is 4.79 Å². The summed E-state index contributed by atoms with van der Waals surface area (Å²) in [5, 5.41) is 11.9. The quantitative estimate of drug-likeness (QED) is 0.715. The summed E-state index contributed by atoms with van der Waals surface area (Å²) in [6, 6.07) is 15.2. The second kappa shape index (κ2) is 8.53. The van der Waals surface area contributed by atoms with Crippen molar-refractivity contribution in [2.24, 2.45) is 5.41 Å². The molecule has 1 amide bonds. The lowest BCUT2D eigenvalue weighted by Crippen LogP contribution is -2.31. The smallest absolute Gasteiger partial charge is 0.230 e. The molecule has 0 unspecified atom stereocenters. The summed E-state index contributed by atoms with van der Waals surface area (Å²) in [5.74, 6) is 0.847. The zero-order valence-corrected chi connectivity index (χ0v) is 15.9. The molecular formula is C22H26N2O2. The van der Waals surface area contributed by atoms with Gasteiger partial charge in [-0.15, -0.1) is 0 Å². The molecule has 0 bridgehead atoms. The fourth-order valence-electron chi connectivity index (χ4n) is 2.64. The number of anilines is 1. The van der Waals surface area contributed by atoms with E-state index in [4.69, 9.17) is 10.00 Å². The first-order chi connectivity index (χ1) is 12.3. The Morgan fingerprint density at radius 3 is 2.69 bits per heavy atom. The third-order valence-corrected chi connectivity index (χ3v) is 4.41. The Kier molecular flexibility index (Phi) is 6.41. The highest BCUT2D eigenvalue weighted by Gasteiger charge is 2.27. The van der Waals surface area contributed by atoms with E-state index in [0.717, 1.165) is 17.7 Å². The van der Waals surface area contributed by atoms with Crippen molar-refractivity contribution in [1.82, 2.24) is 0 Å². The number of carbonyl (C=O) groups excluding carboxylic acids is 1. The van der Waals surface area contributed by atoms with Crippen LogP contribution >= 0.6 is 0 Å². The molecule has 0 aliphatic heterocycles. The van der Waals surface area contributed by atoms with Crippen LogP contribution in [0.5, 0.6) is 5.75 Å². The van der Waals surface area contributed by atoms with Gasteiger partial charge in [-0.05, 0) is 62.1 Å². The van der Waals surface area contributed by atoms with Crippen molar-refractivity contribution >= 4 is 11.6 Å². The van der Waals surface area contributed by atoms with E-state index in [1.807, 2.05) is 33.8 Å². The Hall–Kier alpha value is -2.80. The van der Waals surface area contributed by atoms with Gasteiger partial charge in [0.15, 0.2) is 0 Å². The number of nitriles is 1. The lowest BCUT2D eigenvalue weighted by Gasteiger charge is -2.23. The normalized spacial score (nSPS) is 10.9. The second-order valence-corrected chi connectivity index (χ2v) is 7.25. The Bertz CT molecular complexity index is 819. The fourth-order valence-corrected chi connectivity index (χ4v) is 2.64. The van der Waals surface area contributed by atoms with Crippen molar-refractivity contribution in [2.75, 3.05) is 11.9 Å². The van der Waals surface area contributed by atoms with Gasteiger partial charge in [0.25, 0.3) is 0 Å². The predicted octanol–water partition coefficient (Wildman–Crippen LogP) is 5.00. The van der Waals surface area contributed by atoms with Gasteiger partial charge in [-0.3, -0.25) is 4.79 Å². The van der Waals surface area contributed by atoms with Crippen LogP contribution in [0.3, 0.4) is 0 Å². The molecule has 2 aromatic rings. The predicted molar refractivity (Wildman–Crippen MR) is 104 cm³/mol. The molecule has 0 radical (unpaired) electrons. The maximum absolute atomic E-state index is 12.6. The summed E-state index contributed by atoms with van der Waals surface area (Å²) < 4.78 is 5.87. The average molecular weight is 350 g/mol. The van der Waals surface area contributed by atoms with E-state index < -0.39 is 5.41 Å². The molecule has 4 heteroatoms. The number of rotatable bonds is 7. The monoisotopic (exact) mass is 350 g/mol. The summed E-state index contributed by atoms with van der Waals surface area (Å²) in [4.78, 5) is 12.6. The van der Waals surface area contributed by atoms with Gasteiger partial charge in [-0.2, -0.15) is 5.26 Å². The van der Waals surface area contributed by atoms with E-state index in [9.17, 15) is 4.79 Å². The van der Waals surface area contributed by atoms with Crippen molar-refractivity contribution in [3.8, 4) is 11.8 Å². The molecule has 26 heavy (non-hydrogen) atoms. The first kappa shape index (κ1) is 19.5. The molecule has 0 saturated heterocycles. The third kappa shape index (κ3) is 5.35. The van der Waals surface area contributed by atoms with Crippen LogP contribution < -0.4 is 10.1 Å². The summed E-state index contributed by atoms with van der Waals surface area (Å²) >= 11 is 0. The van der Waals surface area contributed by atoms with Crippen molar-refractivity contribution in [3.63, 3.8) is 0 Å². The molecule has 2 aromatic carbocycles. The van der Waals surface area contributed by atoms with Gasteiger partial charge >= 0.3 is 0 Å². The zero-order chi connectivity index (χ0) is 19.2. The van der Waals surface area contributed by atoms with Crippen molar-refractivity contribution < 1.29 is 9.53 Å². The van der Waals surface area contributed by atoms with Crippen LogP contribution in [0.1, 0.15) is 43.4 Å². The van der Waals surface area contributed by atoms with Gasteiger partial charge in [0.1, 0.15) is 5.75 Å². The van der Waals surface area contributed by atoms with Crippen LogP contribution in [0.15, 0.2) is 42.5 Å². The molecule has 0 aromatic heterocycles. The van der Waals surface area contributed by atoms with Crippen LogP contribution in [0.25, 0.3) is 0 Å². The minimum Gasteiger partial charge on any atom is -0.493 e. The lowest BCUT2D eigenvalue weighted by atomic mass is 9.87. The first-order valence-corrected chi connectivity index (χ1v) is 8.83. The highest BCUT2D eigenvalue weighted by Crippen LogP contribution is 2.26. The number of nitrogens with zero attached hydrogens (tertiary/aromatic N) is 1. The van der Waals surface area contributed by atoms with Crippen molar-refractivity contribution in [2.45, 2.75) is 40.5 Å². The lowest BCUT2D eigenvalue weighted by molar-refractivity contribution is -0.124.